The van der Waals surface area contributed by atoms with Gasteiger partial charge in [-0.1, -0.05) is 19.4 Å². The predicted molar refractivity (Wildman–Crippen MR) is 53.3 cm³/mol. The van der Waals surface area contributed by atoms with Gasteiger partial charge in [0.05, 0.1) is 13.0 Å². The third kappa shape index (κ3) is 6.68. The number of hydrogen-bond donors (Lipinski definition) is 2. The molecule has 0 unspecified atom stereocenters. The van der Waals surface area contributed by atoms with Gasteiger partial charge < -0.3 is 14.9 Å². The summed E-state index contributed by atoms with van der Waals surface area (Å²) in [7, 11) is 0. The molecule has 2 N–H and O–H groups in total. The minimum absolute atomic E-state index is 0.109. The average Bonchev–Trinajstić information content (AvgIpc) is 2.20. The van der Waals surface area contributed by atoms with Crippen LogP contribution in [0.1, 0.15) is 26.2 Å². The molecule has 0 saturated heterocycles. The van der Waals surface area contributed by atoms with Crippen LogP contribution in [0.3, 0.4) is 0 Å². The Balaban J connectivity index is 4.33. The van der Waals surface area contributed by atoms with Crippen LogP contribution < -0.4 is 0 Å². The zero-order valence-electron chi connectivity index (χ0n) is 8.73. The molecule has 0 aliphatic rings. The SMILES string of the molecule is CCCC=C(CC(=O)O)C(=O)OCCO. The fourth-order valence-corrected chi connectivity index (χ4v) is 0.940. The van der Waals surface area contributed by atoms with E-state index in [1.54, 1.807) is 6.08 Å². The van der Waals surface area contributed by atoms with Crippen molar-refractivity contribution in [2.24, 2.45) is 0 Å². The molecule has 86 valence electrons. The maximum Gasteiger partial charge on any atom is 0.334 e. The highest BCUT2D eigenvalue weighted by Crippen LogP contribution is 2.07. The number of esters is 1. The minimum atomic E-state index is -1.07. The van der Waals surface area contributed by atoms with Gasteiger partial charge in [-0.05, 0) is 6.42 Å². The van der Waals surface area contributed by atoms with Crippen LogP contribution in [-0.2, 0) is 14.3 Å². The maximum atomic E-state index is 11.3. The average molecular weight is 216 g/mol. The minimum Gasteiger partial charge on any atom is -0.481 e. The first kappa shape index (κ1) is 13.6. The lowest BCUT2D eigenvalue weighted by molar-refractivity contribution is -0.143. The van der Waals surface area contributed by atoms with Crippen molar-refractivity contribution in [2.45, 2.75) is 26.2 Å². The van der Waals surface area contributed by atoms with Crippen molar-refractivity contribution < 1.29 is 24.5 Å². The summed E-state index contributed by atoms with van der Waals surface area (Å²) < 4.78 is 4.63. The Morgan fingerprint density at radius 2 is 2.07 bits per heavy atom. The Bertz CT molecular complexity index is 244. The van der Waals surface area contributed by atoms with Crippen molar-refractivity contribution in [1.82, 2.24) is 0 Å². The Kier molecular flexibility index (Phi) is 7.27. The zero-order chi connectivity index (χ0) is 11.7. The number of carboxylic acid groups (broad SMARTS) is 1. The number of aliphatic carboxylic acids is 1. The van der Waals surface area contributed by atoms with Crippen LogP contribution in [0, 0.1) is 0 Å². The Morgan fingerprint density at radius 3 is 2.53 bits per heavy atom. The molecule has 0 aromatic carbocycles. The highest BCUT2D eigenvalue weighted by Gasteiger charge is 2.13. The second-order valence-corrected chi connectivity index (χ2v) is 2.95. The van der Waals surface area contributed by atoms with Crippen LogP contribution in [0.5, 0.6) is 0 Å². The number of allylic oxidation sites excluding steroid dienone is 1. The number of hydrogen-bond acceptors (Lipinski definition) is 4. The fraction of sp³-hybridized carbons (Fsp3) is 0.600. The number of aliphatic hydroxyl groups is 1. The predicted octanol–water partition coefficient (Wildman–Crippen LogP) is 0.723. The van der Waals surface area contributed by atoms with E-state index in [9.17, 15) is 9.59 Å². The van der Waals surface area contributed by atoms with Crippen LogP contribution in [0.15, 0.2) is 11.6 Å². The van der Waals surface area contributed by atoms with E-state index in [2.05, 4.69) is 4.74 Å². The van der Waals surface area contributed by atoms with Gasteiger partial charge in [-0.2, -0.15) is 0 Å². The van der Waals surface area contributed by atoms with Gasteiger partial charge >= 0.3 is 11.9 Å². The van der Waals surface area contributed by atoms with E-state index in [0.29, 0.717) is 6.42 Å². The largest absolute Gasteiger partial charge is 0.481 e. The van der Waals surface area contributed by atoms with E-state index in [0.717, 1.165) is 6.42 Å². The molecule has 0 fully saturated rings. The molecule has 0 aliphatic carbocycles. The number of carbonyl (C=O) groups is 2. The lowest BCUT2D eigenvalue weighted by Crippen LogP contribution is -2.13. The Morgan fingerprint density at radius 1 is 1.40 bits per heavy atom. The summed E-state index contributed by atoms with van der Waals surface area (Å²) in [6.45, 7) is 1.55. The summed E-state index contributed by atoms with van der Waals surface area (Å²) in [5.74, 6) is -1.74. The molecule has 0 spiro atoms. The maximum absolute atomic E-state index is 11.3. The lowest BCUT2D eigenvalue weighted by atomic mass is 10.1. The van der Waals surface area contributed by atoms with Crippen molar-refractivity contribution in [2.75, 3.05) is 13.2 Å². The number of rotatable bonds is 7. The van der Waals surface area contributed by atoms with Gasteiger partial charge in [0.2, 0.25) is 0 Å². The molecule has 0 heterocycles. The smallest absolute Gasteiger partial charge is 0.334 e. The summed E-state index contributed by atoms with van der Waals surface area (Å²) in [6.07, 6.45) is 2.69. The molecule has 0 bridgehead atoms. The second-order valence-electron chi connectivity index (χ2n) is 2.95. The Labute approximate surface area is 88.4 Å². The van der Waals surface area contributed by atoms with E-state index in [-0.39, 0.29) is 25.2 Å². The first-order chi connectivity index (χ1) is 7.11. The van der Waals surface area contributed by atoms with Crippen LogP contribution >= 0.6 is 0 Å². The summed E-state index contributed by atoms with van der Waals surface area (Å²) in [5.41, 5.74) is 0.137. The van der Waals surface area contributed by atoms with E-state index < -0.39 is 11.9 Å². The fourth-order valence-electron chi connectivity index (χ4n) is 0.940. The van der Waals surface area contributed by atoms with Crippen molar-refractivity contribution in [1.29, 1.82) is 0 Å². The monoisotopic (exact) mass is 216 g/mol. The van der Waals surface area contributed by atoms with E-state index >= 15 is 0 Å². The van der Waals surface area contributed by atoms with Crippen molar-refractivity contribution in [3.8, 4) is 0 Å². The Hall–Kier alpha value is -1.36. The van der Waals surface area contributed by atoms with E-state index in [1.807, 2.05) is 6.92 Å². The second kappa shape index (κ2) is 7.99. The highest BCUT2D eigenvalue weighted by molar-refractivity contribution is 5.93. The van der Waals surface area contributed by atoms with Gasteiger partial charge in [0.25, 0.3) is 0 Å². The van der Waals surface area contributed by atoms with Crippen molar-refractivity contribution in [3.05, 3.63) is 11.6 Å². The molecular formula is C10H16O5. The van der Waals surface area contributed by atoms with Gasteiger partial charge in [-0.25, -0.2) is 4.79 Å². The van der Waals surface area contributed by atoms with Crippen LogP contribution in [0.25, 0.3) is 0 Å². The number of carbonyl (C=O) groups excluding carboxylic acids is 1. The topological polar surface area (TPSA) is 83.8 Å². The summed E-state index contributed by atoms with van der Waals surface area (Å²) in [4.78, 5) is 21.7. The third-order valence-corrected chi connectivity index (χ3v) is 1.61. The van der Waals surface area contributed by atoms with Gasteiger partial charge in [0, 0.05) is 5.57 Å². The summed E-state index contributed by atoms with van der Waals surface area (Å²) in [6, 6.07) is 0. The van der Waals surface area contributed by atoms with Crippen molar-refractivity contribution >= 4 is 11.9 Å². The van der Waals surface area contributed by atoms with Gasteiger partial charge in [0.1, 0.15) is 6.61 Å². The summed E-state index contributed by atoms with van der Waals surface area (Å²) in [5, 5.41) is 17.0. The lowest BCUT2D eigenvalue weighted by Gasteiger charge is -2.05. The number of unbranched alkanes of at least 4 members (excludes halogenated alkanes) is 1. The van der Waals surface area contributed by atoms with Crippen LogP contribution in [0.4, 0.5) is 0 Å². The van der Waals surface area contributed by atoms with Crippen LogP contribution in [0.2, 0.25) is 0 Å². The molecule has 5 heteroatoms. The summed E-state index contributed by atoms with van der Waals surface area (Å²) >= 11 is 0. The third-order valence-electron chi connectivity index (χ3n) is 1.61. The molecule has 0 aromatic rings. The molecular weight excluding hydrogens is 200 g/mol. The van der Waals surface area contributed by atoms with E-state index in [1.165, 1.54) is 0 Å². The first-order valence-electron chi connectivity index (χ1n) is 4.80. The van der Waals surface area contributed by atoms with Crippen molar-refractivity contribution in [3.63, 3.8) is 0 Å². The first-order valence-corrected chi connectivity index (χ1v) is 4.80. The van der Waals surface area contributed by atoms with E-state index in [4.69, 9.17) is 10.2 Å². The van der Waals surface area contributed by atoms with Gasteiger partial charge in [-0.15, -0.1) is 0 Å². The molecule has 0 aromatic heterocycles. The van der Waals surface area contributed by atoms with Gasteiger partial charge in [-0.3, -0.25) is 4.79 Å². The number of aliphatic hydroxyl groups excluding tert-OH is 1. The molecule has 0 saturated carbocycles. The molecule has 0 atom stereocenters. The van der Waals surface area contributed by atoms with Crippen LogP contribution in [-0.4, -0.2) is 35.4 Å². The highest BCUT2D eigenvalue weighted by atomic mass is 16.5. The normalized spacial score (nSPS) is 11.2. The molecule has 0 amide bonds. The molecule has 0 aliphatic heterocycles. The molecule has 0 rings (SSSR count). The van der Waals surface area contributed by atoms with Gasteiger partial charge in [0.15, 0.2) is 0 Å². The molecule has 0 radical (unpaired) electrons. The number of carboxylic acids is 1. The number of ether oxygens (including phenoxy) is 1. The molecule has 5 nitrogen and oxygen atoms in total. The molecule has 15 heavy (non-hydrogen) atoms. The quantitative estimate of drug-likeness (QED) is 0.484. The zero-order valence-corrected chi connectivity index (χ0v) is 8.73. The standard InChI is InChI=1S/C10H16O5/c1-2-3-4-8(7-9(12)13)10(14)15-6-5-11/h4,11H,2-3,5-7H2,1H3,(H,12,13).